The van der Waals surface area contributed by atoms with Crippen LogP contribution in [0.15, 0.2) is 85.6 Å². The van der Waals surface area contributed by atoms with E-state index in [0.717, 1.165) is 82.4 Å². The third-order valence-electron chi connectivity index (χ3n) is 11.0. The molecule has 0 aliphatic carbocycles. The Labute approximate surface area is 487 Å². The molecule has 428 valence electrons. The molecule has 0 amide bonds. The predicted molar refractivity (Wildman–Crippen MR) is 290 cm³/mol. The number of imidazole rings is 5. The number of phenols is 1. The van der Waals surface area contributed by atoms with E-state index in [2.05, 4.69) is 29.7 Å². The first-order valence-corrected chi connectivity index (χ1v) is 22.9. The molecule has 79 heavy (non-hydrogen) atoms. The number of aryl methyl sites for hydroxylation is 5. The minimum Gasteiger partial charge on any atom is -1.00 e. The number of ether oxygens (including phenoxy) is 6. The number of halogens is 5. The summed E-state index contributed by atoms with van der Waals surface area (Å²) in [6.07, 6.45) is 9.14. The van der Waals surface area contributed by atoms with Gasteiger partial charge in [0, 0.05) is 104 Å². The fourth-order valence-corrected chi connectivity index (χ4v) is 5.90. The molecule has 5 heterocycles. The van der Waals surface area contributed by atoms with Crippen LogP contribution in [0.1, 0.15) is 63.8 Å². The van der Waals surface area contributed by atoms with Crippen molar-refractivity contribution >= 4 is 36.1 Å². The van der Waals surface area contributed by atoms with Crippen molar-refractivity contribution in [2.75, 3.05) is 27.8 Å². The van der Waals surface area contributed by atoms with Crippen LogP contribution in [0.4, 0.5) is 17.6 Å². The van der Waals surface area contributed by atoms with Gasteiger partial charge in [-0.2, -0.15) is 0 Å². The minimum absolute atomic E-state index is 0. The monoisotopic (exact) mass is 1140 g/mol. The zero-order chi connectivity index (χ0) is 56.5. The summed E-state index contributed by atoms with van der Waals surface area (Å²) in [5, 5.41) is 26.6. The van der Waals surface area contributed by atoms with Crippen LogP contribution >= 0.6 is 12.4 Å². The van der Waals surface area contributed by atoms with Crippen molar-refractivity contribution in [3.05, 3.63) is 166 Å². The number of aldehydes is 1. The first-order valence-electron chi connectivity index (χ1n) is 22.9. The zero-order valence-corrected chi connectivity index (χ0v) is 46.8. The fourth-order valence-electron chi connectivity index (χ4n) is 5.90. The summed E-state index contributed by atoms with van der Waals surface area (Å²) < 4.78 is 91.0. The van der Waals surface area contributed by atoms with Crippen LogP contribution in [0, 0.1) is 57.9 Å². The molecule has 20 nitrogen and oxygen atoms in total. The number of benzene rings is 3. The van der Waals surface area contributed by atoms with E-state index in [1.807, 2.05) is 88.1 Å². The second-order valence-corrected chi connectivity index (χ2v) is 16.2. The number of rotatable bonds is 15. The van der Waals surface area contributed by atoms with Crippen LogP contribution in [0.3, 0.4) is 0 Å². The second-order valence-electron chi connectivity index (χ2n) is 16.2. The molecular weight excluding hydrogens is 1070 g/mol. The molecule has 0 bridgehead atoms. The van der Waals surface area contributed by atoms with E-state index in [0.29, 0.717) is 29.5 Å². The Bertz CT molecular complexity index is 2970. The smallest absolute Gasteiger partial charge is 1.00 e. The summed E-state index contributed by atoms with van der Waals surface area (Å²) >= 11 is 0. The van der Waals surface area contributed by atoms with Crippen LogP contribution in [-0.4, -0.2) is 115 Å². The molecule has 0 unspecified atom stereocenters. The van der Waals surface area contributed by atoms with Gasteiger partial charge in [0.25, 0.3) is 0 Å². The van der Waals surface area contributed by atoms with Crippen LogP contribution in [-0.2, 0) is 71.1 Å². The van der Waals surface area contributed by atoms with E-state index in [1.54, 1.807) is 41.6 Å². The Morgan fingerprint density at radius 2 is 0.785 bits per heavy atom. The summed E-state index contributed by atoms with van der Waals surface area (Å²) in [5.74, 6) is 3.24. The van der Waals surface area contributed by atoms with E-state index in [9.17, 15) is 27.5 Å². The number of methoxy groups -OCH3 is 2. The molecule has 0 spiro atoms. The first-order chi connectivity index (χ1) is 36.1. The Hall–Kier alpha value is -6.64. The molecule has 27 heteroatoms. The summed E-state index contributed by atoms with van der Waals surface area (Å²) in [5.41, 5.74) is 4.12. The zero-order valence-electron chi connectivity index (χ0n) is 47.0. The summed E-state index contributed by atoms with van der Waals surface area (Å²) in [7, 11) is 12.3. The first kappa shape index (κ1) is 72.4. The molecule has 8 aromatic rings. The average Bonchev–Trinajstić information content (AvgIpc) is 4.18. The van der Waals surface area contributed by atoms with Crippen LogP contribution in [0.2, 0.25) is 0 Å². The number of nitrogens with zero attached hydrogens (tertiary/aromatic N) is 10. The van der Waals surface area contributed by atoms with Gasteiger partial charge in [0.2, 0.25) is 0 Å². The minimum atomic E-state index is -0.666. The Kier molecular flexibility index (Phi) is 34.1. The van der Waals surface area contributed by atoms with Gasteiger partial charge in [-0.05, 0) is 34.6 Å². The molecule has 0 saturated heterocycles. The van der Waals surface area contributed by atoms with Gasteiger partial charge < -0.3 is 68.0 Å². The maximum atomic E-state index is 13.4. The topological polar surface area (TPSA) is 222 Å². The van der Waals surface area contributed by atoms with E-state index in [1.165, 1.54) is 38.5 Å². The maximum absolute atomic E-state index is 13.4. The van der Waals surface area contributed by atoms with Gasteiger partial charge in [-0.25, -0.2) is 42.5 Å². The standard InChI is InChI=1S/C14H17FN2O3.C12H13FN2O2.C8H8F2O2.2C6H10N2O.C6H8N2O.Al.ClH.Li.4H/c1-10-16-7-12(17(10)2)8-19-13-4-11(15)5-14(6-13)20-9-18-3;1-8-14-6-10(15(8)2)7-17-12-4-9(13)3-11(16)5-12;1-11-5-12-8-3-6(9)2-7(10)4-8;3*1-5-7-3-6(4-9)8(5)2;;;;;;;/h4-7H,8-9H2,1-3H3;3-6,16H,7H2,1-2H3;2-4H,5H2,1H3;2*3,9H,4H2,1-2H3;3-4H,1-2H3;;1H;;;;;/q;;;;;;;;+1;;;;-1. The van der Waals surface area contributed by atoms with Gasteiger partial charge >= 0.3 is 18.9 Å². The number of carbonyl (C=O) groups is 1. The molecule has 0 atom stereocenters. The van der Waals surface area contributed by atoms with Crippen molar-refractivity contribution in [1.29, 1.82) is 0 Å². The molecule has 0 radical (unpaired) electrons. The van der Waals surface area contributed by atoms with Gasteiger partial charge in [-0.1, -0.05) is 0 Å². The number of hydrogen-bond acceptors (Lipinski definition) is 15. The number of aliphatic hydroxyl groups is 2. The van der Waals surface area contributed by atoms with Crippen LogP contribution < -0.4 is 37.8 Å². The van der Waals surface area contributed by atoms with E-state index in [-0.39, 0.29) is 95.0 Å². The Morgan fingerprint density at radius 3 is 1.06 bits per heavy atom. The van der Waals surface area contributed by atoms with Crippen molar-refractivity contribution in [2.24, 2.45) is 35.2 Å². The predicted octanol–water partition coefficient (Wildman–Crippen LogP) is 3.87. The van der Waals surface area contributed by atoms with Crippen molar-refractivity contribution in [3.63, 3.8) is 0 Å². The molecule has 3 N–H and O–H groups in total. The number of aromatic hydroxyl groups is 1. The van der Waals surface area contributed by atoms with Crippen LogP contribution in [0.25, 0.3) is 0 Å². The largest absolute Gasteiger partial charge is 1.00 e. The number of carbonyl (C=O) groups excluding carboxylic acids is 1. The number of hydrogen-bond donors (Lipinski definition) is 3. The fraction of sp³-hybridized carbons (Fsp3) is 0.346. The van der Waals surface area contributed by atoms with Gasteiger partial charge in [0.15, 0.2) is 37.2 Å². The van der Waals surface area contributed by atoms with Gasteiger partial charge in [-0.15, -0.1) is 12.4 Å². The van der Waals surface area contributed by atoms with E-state index < -0.39 is 23.3 Å². The molecule has 5 aromatic heterocycles. The van der Waals surface area contributed by atoms with Crippen molar-refractivity contribution in [3.8, 4) is 28.7 Å². The van der Waals surface area contributed by atoms with Crippen molar-refractivity contribution in [2.45, 2.75) is 61.0 Å². The van der Waals surface area contributed by atoms with Gasteiger partial charge in [-0.3, -0.25) is 4.79 Å². The number of phenolic OH excluding ortho intramolecular Hbond substituents is 1. The third-order valence-corrected chi connectivity index (χ3v) is 11.0. The Morgan fingerprint density at radius 1 is 0.481 bits per heavy atom. The normalized spacial score (nSPS) is 9.85. The second kappa shape index (κ2) is 37.3. The van der Waals surface area contributed by atoms with E-state index >= 15 is 0 Å². The Balaban J connectivity index is 0. The quantitative estimate of drug-likeness (QED) is 0.0574. The molecule has 3 aromatic carbocycles. The molecule has 0 aliphatic heterocycles. The average molecular weight is 1140 g/mol. The molecular formula is C52H71AlClF4LiN10O10. The molecule has 8 rings (SSSR count). The summed E-state index contributed by atoms with van der Waals surface area (Å²) in [6.45, 7) is 10.2. The SMILES string of the molecule is COCOc1cc(F)cc(F)c1.COCOc1cc(F)cc(OCc2cnc(C)n2C)c1.Cc1ncc(C=O)n1C.Cc1ncc(CO)n1C.Cc1ncc(CO)n1C.Cc1ncc(COc2cc(O)cc(F)c2)n1C.Cl.[AlH3].[H-].[Li+]. The molecule has 0 fully saturated rings. The summed E-state index contributed by atoms with van der Waals surface area (Å²) in [4.78, 5) is 30.4. The summed E-state index contributed by atoms with van der Waals surface area (Å²) in [6, 6.07) is 10.8. The van der Waals surface area contributed by atoms with Crippen molar-refractivity contribution in [1.82, 2.24) is 47.8 Å². The van der Waals surface area contributed by atoms with E-state index in [4.69, 9.17) is 33.9 Å². The maximum Gasteiger partial charge on any atom is 1.00 e. The molecule has 0 aliphatic rings. The van der Waals surface area contributed by atoms with Gasteiger partial charge in [0.1, 0.15) is 100 Å². The molecule has 0 saturated carbocycles. The number of aromatic nitrogens is 10. The van der Waals surface area contributed by atoms with Gasteiger partial charge in [0.05, 0.1) is 67.0 Å². The third kappa shape index (κ3) is 24.5. The number of aliphatic hydroxyl groups excluding tert-OH is 2. The van der Waals surface area contributed by atoms with Crippen molar-refractivity contribution < 1.29 is 86.4 Å². The van der Waals surface area contributed by atoms with Crippen LogP contribution in [0.5, 0.6) is 28.7 Å².